The molecule has 7 heteroatoms. The summed E-state index contributed by atoms with van der Waals surface area (Å²) in [6.45, 7) is 7.11. The number of pyridine rings is 1. The standard InChI is InChI=1S/C21H18F2N4O/c1-14(18-13-25-12-16-10-19(21(22)23)28-20(16)18)26-5-7-27(8-6-26)17-4-2-3-15(9-17)11-24/h2-4,9-10,12-13,21H,1,5-8H2. The van der Waals surface area contributed by atoms with Crippen molar-refractivity contribution in [2.45, 2.75) is 6.43 Å². The number of alkyl halides is 2. The molecule has 142 valence electrons. The van der Waals surface area contributed by atoms with Gasteiger partial charge in [-0.2, -0.15) is 5.26 Å². The third-order valence-corrected chi connectivity index (χ3v) is 4.97. The number of fused-ring (bicyclic) bond motifs is 1. The molecule has 0 spiro atoms. The van der Waals surface area contributed by atoms with Gasteiger partial charge in [-0.05, 0) is 24.3 Å². The topological polar surface area (TPSA) is 56.3 Å². The molecule has 0 saturated carbocycles. The smallest absolute Gasteiger partial charge is 0.295 e. The number of hydrogen-bond donors (Lipinski definition) is 0. The van der Waals surface area contributed by atoms with E-state index in [1.54, 1.807) is 12.3 Å². The summed E-state index contributed by atoms with van der Waals surface area (Å²) < 4.78 is 31.3. The number of piperazine rings is 1. The average molecular weight is 380 g/mol. The van der Waals surface area contributed by atoms with Crippen molar-refractivity contribution in [2.75, 3.05) is 31.1 Å². The first-order valence-corrected chi connectivity index (χ1v) is 8.92. The summed E-state index contributed by atoms with van der Waals surface area (Å²) in [7, 11) is 0. The summed E-state index contributed by atoms with van der Waals surface area (Å²) in [4.78, 5) is 8.47. The van der Waals surface area contributed by atoms with Crippen LogP contribution in [0.1, 0.15) is 23.3 Å². The number of halogens is 2. The molecule has 0 atom stereocenters. The Balaban J connectivity index is 1.51. The van der Waals surface area contributed by atoms with Crippen molar-refractivity contribution in [3.63, 3.8) is 0 Å². The lowest BCUT2D eigenvalue weighted by molar-refractivity contribution is 0.124. The number of nitriles is 1. The van der Waals surface area contributed by atoms with Crippen LogP contribution in [-0.4, -0.2) is 36.1 Å². The maximum atomic E-state index is 13.0. The van der Waals surface area contributed by atoms with Crippen molar-refractivity contribution >= 4 is 22.4 Å². The van der Waals surface area contributed by atoms with E-state index in [1.165, 1.54) is 12.3 Å². The van der Waals surface area contributed by atoms with Crippen LogP contribution in [0.15, 0.2) is 53.7 Å². The van der Waals surface area contributed by atoms with Gasteiger partial charge in [0, 0.05) is 55.3 Å². The van der Waals surface area contributed by atoms with Crippen molar-refractivity contribution in [3.8, 4) is 6.07 Å². The molecule has 1 aromatic carbocycles. The van der Waals surface area contributed by atoms with E-state index in [0.29, 0.717) is 40.9 Å². The zero-order valence-electron chi connectivity index (χ0n) is 15.1. The van der Waals surface area contributed by atoms with Gasteiger partial charge < -0.3 is 14.2 Å². The maximum absolute atomic E-state index is 13.0. The van der Waals surface area contributed by atoms with Crippen molar-refractivity contribution in [3.05, 3.63) is 66.2 Å². The third-order valence-electron chi connectivity index (χ3n) is 4.97. The summed E-state index contributed by atoms with van der Waals surface area (Å²) >= 11 is 0. The van der Waals surface area contributed by atoms with Gasteiger partial charge in [0.05, 0.1) is 17.2 Å². The number of rotatable bonds is 4. The Bertz CT molecular complexity index is 1060. The fraction of sp³-hybridized carbons (Fsp3) is 0.238. The number of anilines is 1. The summed E-state index contributed by atoms with van der Waals surface area (Å²) in [5.41, 5.74) is 3.37. The normalized spacial score (nSPS) is 14.5. The van der Waals surface area contributed by atoms with E-state index in [0.717, 1.165) is 18.8 Å². The molecule has 28 heavy (non-hydrogen) atoms. The summed E-state index contributed by atoms with van der Waals surface area (Å²) in [5.74, 6) is -0.362. The first-order valence-electron chi connectivity index (χ1n) is 8.92. The highest BCUT2D eigenvalue weighted by molar-refractivity contribution is 5.88. The minimum absolute atomic E-state index is 0.362. The molecular weight excluding hydrogens is 362 g/mol. The van der Waals surface area contributed by atoms with E-state index in [4.69, 9.17) is 9.68 Å². The molecule has 4 rings (SSSR count). The Morgan fingerprint density at radius 3 is 2.68 bits per heavy atom. The second kappa shape index (κ2) is 7.31. The van der Waals surface area contributed by atoms with Gasteiger partial charge in [-0.1, -0.05) is 12.6 Å². The van der Waals surface area contributed by atoms with Crippen LogP contribution < -0.4 is 4.90 Å². The quantitative estimate of drug-likeness (QED) is 0.670. The van der Waals surface area contributed by atoms with E-state index in [9.17, 15) is 8.78 Å². The monoisotopic (exact) mass is 380 g/mol. The van der Waals surface area contributed by atoms with Gasteiger partial charge in [-0.15, -0.1) is 0 Å². The first-order chi connectivity index (χ1) is 13.6. The highest BCUT2D eigenvalue weighted by Crippen LogP contribution is 2.32. The molecule has 1 aliphatic rings. The van der Waals surface area contributed by atoms with Crippen molar-refractivity contribution in [1.29, 1.82) is 5.26 Å². The van der Waals surface area contributed by atoms with E-state index in [2.05, 4.69) is 27.4 Å². The maximum Gasteiger partial charge on any atom is 0.295 e. The zero-order chi connectivity index (χ0) is 19.7. The lowest BCUT2D eigenvalue weighted by Crippen LogP contribution is -2.45. The molecule has 5 nitrogen and oxygen atoms in total. The fourth-order valence-electron chi connectivity index (χ4n) is 3.47. The van der Waals surface area contributed by atoms with Gasteiger partial charge in [-0.25, -0.2) is 8.78 Å². The highest BCUT2D eigenvalue weighted by atomic mass is 19.3. The van der Waals surface area contributed by atoms with Crippen LogP contribution in [0.3, 0.4) is 0 Å². The van der Waals surface area contributed by atoms with Crippen molar-refractivity contribution in [1.82, 2.24) is 9.88 Å². The van der Waals surface area contributed by atoms with Crippen molar-refractivity contribution < 1.29 is 13.2 Å². The molecule has 0 N–H and O–H groups in total. The zero-order valence-corrected chi connectivity index (χ0v) is 15.1. The molecule has 1 saturated heterocycles. The summed E-state index contributed by atoms with van der Waals surface area (Å²) in [5, 5.41) is 9.62. The number of aromatic nitrogens is 1. The van der Waals surface area contributed by atoms with Gasteiger partial charge in [0.2, 0.25) is 0 Å². The van der Waals surface area contributed by atoms with Crippen molar-refractivity contribution in [2.24, 2.45) is 0 Å². The molecule has 0 bridgehead atoms. The molecule has 3 aromatic rings. The Morgan fingerprint density at radius 1 is 1.18 bits per heavy atom. The van der Waals surface area contributed by atoms with Gasteiger partial charge in [0.1, 0.15) is 5.58 Å². The highest BCUT2D eigenvalue weighted by Gasteiger charge is 2.22. The van der Waals surface area contributed by atoms with Crippen LogP contribution in [0.5, 0.6) is 0 Å². The summed E-state index contributed by atoms with van der Waals surface area (Å²) in [6.07, 6.45) is 0.453. The molecule has 0 unspecified atom stereocenters. The number of nitrogens with zero attached hydrogens (tertiary/aromatic N) is 4. The molecule has 0 aliphatic carbocycles. The number of benzene rings is 1. The second-order valence-corrected chi connectivity index (χ2v) is 6.64. The predicted octanol–water partition coefficient (Wildman–Crippen LogP) is 4.43. The van der Waals surface area contributed by atoms with Crippen LogP contribution in [0.25, 0.3) is 16.7 Å². The Hall–Kier alpha value is -3.40. The third kappa shape index (κ3) is 3.29. The van der Waals surface area contributed by atoms with Crippen LogP contribution in [0, 0.1) is 11.3 Å². The first kappa shape index (κ1) is 18.0. The molecule has 0 radical (unpaired) electrons. The molecule has 1 fully saturated rings. The second-order valence-electron chi connectivity index (χ2n) is 6.64. The van der Waals surface area contributed by atoms with Gasteiger partial charge in [0.15, 0.2) is 5.76 Å². The average Bonchev–Trinajstić information content (AvgIpc) is 3.18. The van der Waals surface area contributed by atoms with Crippen LogP contribution in [0.2, 0.25) is 0 Å². The van der Waals surface area contributed by atoms with Gasteiger partial charge in [-0.3, -0.25) is 4.98 Å². The molecule has 3 heterocycles. The van der Waals surface area contributed by atoms with E-state index in [-0.39, 0.29) is 5.76 Å². The van der Waals surface area contributed by atoms with Crippen LogP contribution in [0.4, 0.5) is 14.5 Å². The minimum atomic E-state index is -2.67. The molecule has 2 aromatic heterocycles. The van der Waals surface area contributed by atoms with Crippen LogP contribution >= 0.6 is 0 Å². The Morgan fingerprint density at radius 2 is 1.96 bits per heavy atom. The molecular formula is C21H18F2N4O. The molecule has 0 amide bonds. The minimum Gasteiger partial charge on any atom is -0.454 e. The van der Waals surface area contributed by atoms with Crippen LogP contribution in [-0.2, 0) is 0 Å². The SMILES string of the molecule is C=C(c1cncc2cc(C(F)F)oc12)N1CCN(c2cccc(C#N)c2)CC1. The lowest BCUT2D eigenvalue weighted by Gasteiger charge is -2.38. The number of furan rings is 1. The van der Waals surface area contributed by atoms with E-state index >= 15 is 0 Å². The van der Waals surface area contributed by atoms with Gasteiger partial charge in [0.25, 0.3) is 6.43 Å². The molecule has 1 aliphatic heterocycles. The predicted molar refractivity (Wildman–Crippen MR) is 103 cm³/mol. The Kier molecular flexibility index (Phi) is 4.70. The summed E-state index contributed by atoms with van der Waals surface area (Å²) in [6, 6.07) is 11.0. The van der Waals surface area contributed by atoms with Gasteiger partial charge >= 0.3 is 0 Å². The van der Waals surface area contributed by atoms with E-state index in [1.807, 2.05) is 18.2 Å². The lowest BCUT2D eigenvalue weighted by atomic mass is 10.1. The largest absolute Gasteiger partial charge is 0.454 e. The van der Waals surface area contributed by atoms with E-state index < -0.39 is 6.43 Å². The fourth-order valence-corrected chi connectivity index (χ4v) is 3.47. The number of hydrogen-bond acceptors (Lipinski definition) is 5. The Labute approximate surface area is 161 Å².